The van der Waals surface area contributed by atoms with Gasteiger partial charge in [-0.1, -0.05) is 50.0 Å². The molecule has 0 unspecified atom stereocenters. The Bertz CT molecular complexity index is 320. The van der Waals surface area contributed by atoms with E-state index in [-0.39, 0.29) is 12.5 Å². The maximum absolute atomic E-state index is 10.9. The quantitative estimate of drug-likeness (QED) is 0.572. The van der Waals surface area contributed by atoms with Crippen molar-refractivity contribution in [2.24, 2.45) is 0 Å². The first-order valence-electron chi connectivity index (χ1n) is 6.44. The number of hydrogen-bond donors (Lipinski definition) is 2. The van der Waals surface area contributed by atoms with Crippen molar-refractivity contribution in [1.29, 1.82) is 0 Å². The van der Waals surface area contributed by atoms with Gasteiger partial charge < -0.3 is 10.4 Å². The average Bonchev–Trinajstić information content (AvgIpc) is 2.34. The molecule has 0 aliphatic heterocycles. The summed E-state index contributed by atoms with van der Waals surface area (Å²) in [5, 5.41) is 11.8. The first kappa shape index (κ1) is 19.7. The Kier molecular flexibility index (Phi) is 13.3. The lowest BCUT2D eigenvalue weighted by Crippen LogP contribution is -2.37. The summed E-state index contributed by atoms with van der Waals surface area (Å²) in [6.07, 6.45) is 13.6. The fourth-order valence-electron chi connectivity index (χ4n) is 0.841. The summed E-state index contributed by atoms with van der Waals surface area (Å²) in [6.45, 7) is 11.0. The number of aliphatic hydroxyl groups is 1. The molecule has 19 heavy (non-hydrogen) atoms. The molecule has 0 saturated carbocycles. The summed E-state index contributed by atoms with van der Waals surface area (Å²) < 4.78 is 0. The largest absolute Gasteiger partial charge is 0.389 e. The van der Waals surface area contributed by atoms with E-state index in [2.05, 4.69) is 11.9 Å². The summed E-state index contributed by atoms with van der Waals surface area (Å²) in [5.74, 6) is -0.154. The van der Waals surface area contributed by atoms with Gasteiger partial charge in [-0.25, -0.2) is 0 Å². The second kappa shape index (κ2) is 12.8. The van der Waals surface area contributed by atoms with Gasteiger partial charge in [0.2, 0.25) is 5.91 Å². The zero-order valence-electron chi connectivity index (χ0n) is 12.5. The summed E-state index contributed by atoms with van der Waals surface area (Å²) in [6, 6.07) is 0. The van der Waals surface area contributed by atoms with Crippen LogP contribution in [0.4, 0.5) is 0 Å². The minimum atomic E-state index is -0.838. The van der Waals surface area contributed by atoms with E-state index in [0.717, 1.165) is 6.42 Å². The summed E-state index contributed by atoms with van der Waals surface area (Å²) in [4.78, 5) is 10.9. The van der Waals surface area contributed by atoms with E-state index in [9.17, 15) is 9.90 Å². The second-order valence-electron chi connectivity index (χ2n) is 4.49. The van der Waals surface area contributed by atoms with Gasteiger partial charge in [-0.15, -0.1) is 0 Å². The molecule has 0 atom stereocenters. The standard InChI is InChI=1S/C9H17NO2.C7H10/c1-4-5-6-8(11)10-7-9(2,3)12;1-3-5-7-6-4-2/h5-6,12H,4,7H2,1-3H3,(H,10,11);3-7H,1H2,2H3/b6-5+;6-4+,7-5+. The highest BCUT2D eigenvalue weighted by Crippen LogP contribution is 1.96. The number of hydrogen-bond acceptors (Lipinski definition) is 2. The van der Waals surface area contributed by atoms with Gasteiger partial charge >= 0.3 is 0 Å². The molecule has 0 radical (unpaired) electrons. The molecule has 0 aliphatic rings. The van der Waals surface area contributed by atoms with Gasteiger partial charge in [-0.3, -0.25) is 4.79 Å². The van der Waals surface area contributed by atoms with Gasteiger partial charge in [0.25, 0.3) is 0 Å². The summed E-state index contributed by atoms with van der Waals surface area (Å²) in [7, 11) is 0. The Labute approximate surface area is 117 Å². The molecule has 0 aliphatic carbocycles. The molecule has 0 spiro atoms. The van der Waals surface area contributed by atoms with Crippen LogP contribution in [0, 0.1) is 0 Å². The maximum Gasteiger partial charge on any atom is 0.243 e. The van der Waals surface area contributed by atoms with Crippen LogP contribution in [-0.2, 0) is 4.79 Å². The first-order chi connectivity index (χ1) is 8.87. The highest BCUT2D eigenvalue weighted by atomic mass is 16.3. The van der Waals surface area contributed by atoms with Crippen LogP contribution in [0.1, 0.15) is 34.1 Å². The monoisotopic (exact) mass is 265 g/mol. The third kappa shape index (κ3) is 22.1. The molecule has 0 heterocycles. The molecule has 108 valence electrons. The van der Waals surface area contributed by atoms with Gasteiger partial charge in [-0.2, -0.15) is 0 Å². The third-order valence-corrected chi connectivity index (χ3v) is 1.75. The Morgan fingerprint density at radius 3 is 2.37 bits per heavy atom. The molecule has 0 aromatic rings. The van der Waals surface area contributed by atoms with Crippen molar-refractivity contribution in [3.05, 3.63) is 49.1 Å². The van der Waals surface area contributed by atoms with E-state index in [0.29, 0.717) is 0 Å². The van der Waals surface area contributed by atoms with Crippen LogP contribution in [0.3, 0.4) is 0 Å². The van der Waals surface area contributed by atoms with Gasteiger partial charge in [0, 0.05) is 6.54 Å². The molecule has 0 saturated heterocycles. The highest BCUT2D eigenvalue weighted by molar-refractivity contribution is 5.87. The van der Waals surface area contributed by atoms with E-state index >= 15 is 0 Å². The lowest BCUT2D eigenvalue weighted by atomic mass is 10.1. The zero-order chi connectivity index (χ0) is 15.1. The Balaban J connectivity index is 0. The van der Waals surface area contributed by atoms with Crippen molar-refractivity contribution in [3.8, 4) is 0 Å². The molecular weight excluding hydrogens is 238 g/mol. The average molecular weight is 265 g/mol. The predicted octanol–water partition coefficient (Wildman–Crippen LogP) is 3.14. The van der Waals surface area contributed by atoms with Crippen LogP contribution in [0.25, 0.3) is 0 Å². The topological polar surface area (TPSA) is 49.3 Å². The van der Waals surface area contributed by atoms with Crippen LogP contribution in [-0.4, -0.2) is 23.2 Å². The van der Waals surface area contributed by atoms with Crippen molar-refractivity contribution < 1.29 is 9.90 Å². The van der Waals surface area contributed by atoms with E-state index in [1.165, 1.54) is 6.08 Å². The van der Waals surface area contributed by atoms with E-state index < -0.39 is 5.60 Å². The maximum atomic E-state index is 10.9. The Morgan fingerprint density at radius 1 is 1.32 bits per heavy atom. The first-order valence-corrected chi connectivity index (χ1v) is 6.44. The smallest absolute Gasteiger partial charge is 0.243 e. The number of carbonyl (C=O) groups is 1. The molecule has 0 aromatic carbocycles. The SMILES string of the molecule is C=C/C=C/C=C/C.CC/C=C/C(=O)NCC(C)(C)O. The third-order valence-electron chi connectivity index (χ3n) is 1.75. The number of allylic oxidation sites excluding steroid dienone is 6. The van der Waals surface area contributed by atoms with Crippen molar-refractivity contribution >= 4 is 5.91 Å². The Morgan fingerprint density at radius 2 is 1.95 bits per heavy atom. The molecule has 3 nitrogen and oxygen atoms in total. The van der Waals surface area contributed by atoms with E-state index in [1.807, 2.05) is 38.2 Å². The van der Waals surface area contributed by atoms with Crippen LogP contribution >= 0.6 is 0 Å². The highest BCUT2D eigenvalue weighted by Gasteiger charge is 2.12. The van der Waals surface area contributed by atoms with Crippen LogP contribution in [0.2, 0.25) is 0 Å². The fourth-order valence-corrected chi connectivity index (χ4v) is 0.841. The molecule has 0 bridgehead atoms. The lowest BCUT2D eigenvalue weighted by Gasteiger charge is -2.16. The minimum absolute atomic E-state index is 0.154. The minimum Gasteiger partial charge on any atom is -0.389 e. The van der Waals surface area contributed by atoms with Crippen molar-refractivity contribution in [1.82, 2.24) is 5.32 Å². The second-order valence-corrected chi connectivity index (χ2v) is 4.49. The molecule has 0 rings (SSSR count). The predicted molar refractivity (Wildman–Crippen MR) is 82.9 cm³/mol. The number of carbonyl (C=O) groups excluding carboxylic acids is 1. The summed E-state index contributed by atoms with van der Waals surface area (Å²) in [5.41, 5.74) is -0.838. The lowest BCUT2D eigenvalue weighted by molar-refractivity contribution is -0.117. The van der Waals surface area contributed by atoms with Crippen molar-refractivity contribution in [2.45, 2.75) is 39.7 Å². The molecule has 2 N–H and O–H groups in total. The van der Waals surface area contributed by atoms with Gasteiger partial charge in [0.1, 0.15) is 0 Å². The zero-order valence-corrected chi connectivity index (χ0v) is 12.5. The molecule has 0 aromatic heterocycles. The Hall–Kier alpha value is -1.61. The molecule has 1 amide bonds. The fraction of sp³-hybridized carbons (Fsp3) is 0.438. The number of amides is 1. The van der Waals surface area contributed by atoms with Gasteiger partial charge in [0.05, 0.1) is 5.60 Å². The van der Waals surface area contributed by atoms with Crippen molar-refractivity contribution in [3.63, 3.8) is 0 Å². The number of nitrogens with one attached hydrogen (secondary N) is 1. The van der Waals surface area contributed by atoms with Crippen LogP contribution in [0.15, 0.2) is 49.1 Å². The van der Waals surface area contributed by atoms with Gasteiger partial charge in [0.15, 0.2) is 0 Å². The van der Waals surface area contributed by atoms with Gasteiger partial charge in [-0.05, 0) is 33.3 Å². The number of rotatable bonds is 6. The normalized spacial score (nSPS) is 11.6. The van der Waals surface area contributed by atoms with E-state index in [1.54, 1.807) is 26.0 Å². The molecular formula is C16H27NO2. The molecule has 3 heteroatoms. The summed E-state index contributed by atoms with van der Waals surface area (Å²) >= 11 is 0. The molecule has 0 fully saturated rings. The van der Waals surface area contributed by atoms with E-state index in [4.69, 9.17) is 0 Å². The van der Waals surface area contributed by atoms with Crippen LogP contribution < -0.4 is 5.32 Å². The van der Waals surface area contributed by atoms with Crippen molar-refractivity contribution in [2.75, 3.05) is 6.54 Å². The van der Waals surface area contributed by atoms with Crippen LogP contribution in [0.5, 0.6) is 0 Å².